The lowest BCUT2D eigenvalue weighted by molar-refractivity contribution is -0.152. The summed E-state index contributed by atoms with van der Waals surface area (Å²) in [5.74, 6) is -1.29. The molecule has 1 atom stereocenters. The van der Waals surface area contributed by atoms with Gasteiger partial charge in [-0.25, -0.2) is 14.2 Å². The molecule has 0 saturated heterocycles. The van der Waals surface area contributed by atoms with Crippen LogP contribution in [0.4, 0.5) is 4.39 Å². The molecule has 0 spiro atoms. The second-order valence-corrected chi connectivity index (χ2v) is 8.31. The van der Waals surface area contributed by atoms with Crippen LogP contribution >= 0.6 is 0 Å². The third-order valence-electron chi connectivity index (χ3n) is 6.42. The van der Waals surface area contributed by atoms with Crippen LogP contribution in [-0.4, -0.2) is 34.6 Å². The molecule has 0 saturated carbocycles. The third-order valence-corrected chi connectivity index (χ3v) is 6.42. The van der Waals surface area contributed by atoms with Gasteiger partial charge >= 0.3 is 5.97 Å². The van der Waals surface area contributed by atoms with E-state index in [-0.39, 0.29) is 29.4 Å². The van der Waals surface area contributed by atoms with Gasteiger partial charge in [-0.1, -0.05) is 13.0 Å². The summed E-state index contributed by atoms with van der Waals surface area (Å²) < 4.78 is 19.5. The normalized spacial score (nSPS) is 19.1. The molecule has 1 aliphatic heterocycles. The number of aromatic nitrogens is 1. The maximum atomic E-state index is 14.6. The molecule has 0 amide bonds. The van der Waals surface area contributed by atoms with E-state index in [1.54, 1.807) is 6.08 Å². The van der Waals surface area contributed by atoms with Crippen LogP contribution in [0.3, 0.4) is 0 Å². The van der Waals surface area contributed by atoms with E-state index in [1.807, 2.05) is 13.8 Å². The van der Waals surface area contributed by atoms with Gasteiger partial charge in [-0.05, 0) is 74.3 Å². The Morgan fingerprint density at radius 1 is 1.32 bits per heavy atom. The van der Waals surface area contributed by atoms with Gasteiger partial charge in [0, 0.05) is 22.6 Å². The van der Waals surface area contributed by atoms with Gasteiger partial charge in [-0.3, -0.25) is 4.79 Å². The average Bonchev–Trinajstić information content (AvgIpc) is 2.74. The molecular formula is C25H26FNO4. The molecule has 31 heavy (non-hydrogen) atoms. The summed E-state index contributed by atoms with van der Waals surface area (Å²) >= 11 is 0. The van der Waals surface area contributed by atoms with Crippen LogP contribution < -0.4 is 0 Å². The van der Waals surface area contributed by atoms with Crippen molar-refractivity contribution in [3.05, 3.63) is 57.1 Å². The molecule has 0 radical (unpaired) electrons. The zero-order valence-electron chi connectivity index (χ0n) is 18.3. The third kappa shape index (κ3) is 3.49. The number of aliphatic hydroxyl groups excluding tert-OH is 1. The molecule has 162 valence electrons. The number of Topliss-reactive ketones (excluding diaryl/α,β-unsaturated/α-hetero) is 1. The minimum absolute atomic E-state index is 0.158. The van der Waals surface area contributed by atoms with Crippen molar-refractivity contribution in [2.45, 2.75) is 59.5 Å². The highest BCUT2D eigenvalue weighted by atomic mass is 19.1. The lowest BCUT2D eigenvalue weighted by Gasteiger charge is -2.25. The minimum atomic E-state index is -1.52. The van der Waals surface area contributed by atoms with E-state index in [2.05, 4.69) is 6.92 Å². The van der Waals surface area contributed by atoms with Crippen molar-refractivity contribution in [2.75, 3.05) is 6.61 Å². The predicted molar refractivity (Wildman–Crippen MR) is 116 cm³/mol. The van der Waals surface area contributed by atoms with Crippen molar-refractivity contribution in [3.63, 3.8) is 0 Å². The second kappa shape index (κ2) is 8.00. The number of pyridine rings is 1. The van der Waals surface area contributed by atoms with Crippen molar-refractivity contribution in [3.8, 4) is 0 Å². The number of nitrogens with zero attached hydrogens (tertiary/aromatic N) is 1. The fourth-order valence-corrected chi connectivity index (χ4v) is 4.80. The molecule has 2 aliphatic rings. The summed E-state index contributed by atoms with van der Waals surface area (Å²) in [7, 11) is 0. The van der Waals surface area contributed by atoms with Crippen molar-refractivity contribution in [1.29, 1.82) is 0 Å². The molecule has 2 heterocycles. The molecule has 0 bridgehead atoms. The standard InChI is InChI=1S/C25H26FNO4/c1-5-15-17-8-6-7-16-13(3)20(26)10-21(22(16)17)27-23(15)12(2)9-18-19(14(4)28)11-31-25(30)24(18)29/h9-10,24,29H,5-8,11H2,1-4H3/b12-9+/t24-/m0/s1. The number of esters is 1. The summed E-state index contributed by atoms with van der Waals surface area (Å²) in [4.78, 5) is 28.8. The highest BCUT2D eigenvalue weighted by Gasteiger charge is 2.31. The Morgan fingerprint density at radius 2 is 2.03 bits per heavy atom. The number of hydrogen-bond acceptors (Lipinski definition) is 5. The number of ketones is 1. The second-order valence-electron chi connectivity index (χ2n) is 8.31. The molecule has 4 rings (SSSR count). The molecule has 5 nitrogen and oxygen atoms in total. The average molecular weight is 423 g/mol. The minimum Gasteiger partial charge on any atom is -0.458 e. The van der Waals surface area contributed by atoms with Crippen molar-refractivity contribution in [1.82, 2.24) is 4.98 Å². The number of cyclic esters (lactones) is 1. The quantitative estimate of drug-likeness (QED) is 0.754. The highest BCUT2D eigenvalue weighted by Crippen LogP contribution is 2.37. The molecule has 0 unspecified atom stereocenters. The van der Waals surface area contributed by atoms with Gasteiger partial charge in [-0.2, -0.15) is 0 Å². The van der Waals surface area contributed by atoms with Crippen LogP contribution in [0.25, 0.3) is 16.5 Å². The molecular weight excluding hydrogens is 397 g/mol. The van der Waals surface area contributed by atoms with Gasteiger partial charge in [0.25, 0.3) is 0 Å². The summed E-state index contributed by atoms with van der Waals surface area (Å²) in [6.45, 7) is 6.95. The van der Waals surface area contributed by atoms with Gasteiger partial charge in [0.15, 0.2) is 11.9 Å². The number of benzene rings is 1. The number of allylic oxidation sites excluding steroid dienone is 1. The highest BCUT2D eigenvalue weighted by molar-refractivity contribution is 5.99. The molecule has 1 aromatic carbocycles. The Hall–Kier alpha value is -2.86. The maximum absolute atomic E-state index is 14.6. The Labute approximate surface area is 180 Å². The van der Waals surface area contributed by atoms with Gasteiger partial charge in [-0.15, -0.1) is 0 Å². The Morgan fingerprint density at radius 3 is 2.71 bits per heavy atom. The maximum Gasteiger partial charge on any atom is 0.340 e. The smallest absolute Gasteiger partial charge is 0.340 e. The first kappa shape index (κ1) is 21.4. The zero-order valence-corrected chi connectivity index (χ0v) is 18.3. The Bertz CT molecular complexity index is 1190. The number of ether oxygens (including phenoxy) is 1. The SMILES string of the molecule is CCc1c(/C(C)=C/C2=C(C(C)=O)COC(=O)[C@H]2O)nc2cc(F)c(C)c3c2c1CCC3. The van der Waals surface area contributed by atoms with Gasteiger partial charge in [0.1, 0.15) is 12.4 Å². The summed E-state index contributed by atoms with van der Waals surface area (Å²) in [5.41, 5.74) is 6.58. The molecule has 1 N–H and O–H groups in total. The van der Waals surface area contributed by atoms with Crippen molar-refractivity contribution < 1.29 is 23.8 Å². The summed E-state index contributed by atoms with van der Waals surface area (Å²) in [6.07, 6.45) is 3.58. The van der Waals surface area contributed by atoms with Crippen LogP contribution in [0.2, 0.25) is 0 Å². The fraction of sp³-hybridized carbons (Fsp3) is 0.400. The number of halogens is 1. The number of rotatable bonds is 4. The van der Waals surface area contributed by atoms with E-state index in [0.717, 1.165) is 42.2 Å². The van der Waals surface area contributed by atoms with E-state index in [1.165, 1.54) is 18.6 Å². The molecule has 0 fully saturated rings. The molecule has 2 aromatic rings. The van der Waals surface area contributed by atoms with E-state index < -0.39 is 12.1 Å². The van der Waals surface area contributed by atoms with Gasteiger partial charge in [0.05, 0.1) is 11.2 Å². The zero-order chi connectivity index (χ0) is 22.4. The topological polar surface area (TPSA) is 76.5 Å². The predicted octanol–water partition coefficient (Wildman–Crippen LogP) is 3.94. The summed E-state index contributed by atoms with van der Waals surface area (Å²) in [6, 6.07) is 1.49. The van der Waals surface area contributed by atoms with E-state index in [4.69, 9.17) is 9.72 Å². The lowest BCUT2D eigenvalue weighted by Crippen LogP contribution is -2.33. The van der Waals surface area contributed by atoms with Crippen LogP contribution in [0.15, 0.2) is 23.3 Å². The number of aliphatic hydroxyl groups is 1. The Balaban J connectivity index is 1.97. The first-order valence-corrected chi connectivity index (χ1v) is 10.6. The lowest BCUT2D eigenvalue weighted by atomic mass is 9.83. The molecule has 1 aliphatic carbocycles. The van der Waals surface area contributed by atoms with E-state index in [9.17, 15) is 19.1 Å². The number of carbonyl (C=O) groups is 2. The van der Waals surface area contributed by atoms with Crippen LogP contribution in [0, 0.1) is 12.7 Å². The summed E-state index contributed by atoms with van der Waals surface area (Å²) in [5, 5.41) is 11.4. The first-order chi connectivity index (χ1) is 14.7. The molecule has 1 aromatic heterocycles. The van der Waals surface area contributed by atoms with Gasteiger partial charge in [0.2, 0.25) is 0 Å². The van der Waals surface area contributed by atoms with E-state index >= 15 is 0 Å². The number of carbonyl (C=O) groups excluding carboxylic acids is 2. The van der Waals surface area contributed by atoms with Crippen LogP contribution in [0.1, 0.15) is 55.1 Å². The first-order valence-electron chi connectivity index (χ1n) is 10.6. The van der Waals surface area contributed by atoms with E-state index in [0.29, 0.717) is 22.3 Å². The van der Waals surface area contributed by atoms with Crippen LogP contribution in [-0.2, 0) is 33.6 Å². The largest absolute Gasteiger partial charge is 0.458 e. The monoisotopic (exact) mass is 423 g/mol. The van der Waals surface area contributed by atoms with Crippen molar-refractivity contribution >= 4 is 28.2 Å². The van der Waals surface area contributed by atoms with Crippen molar-refractivity contribution in [2.24, 2.45) is 0 Å². The fourth-order valence-electron chi connectivity index (χ4n) is 4.80. The van der Waals surface area contributed by atoms with Gasteiger partial charge < -0.3 is 9.84 Å². The number of aryl methyl sites for hydroxylation is 2. The number of hydrogen-bond donors (Lipinski definition) is 1. The van der Waals surface area contributed by atoms with Crippen LogP contribution in [0.5, 0.6) is 0 Å². The Kier molecular flexibility index (Phi) is 5.52. The molecule has 6 heteroatoms.